The number of pyridine rings is 1. The van der Waals surface area contributed by atoms with Gasteiger partial charge in [0.1, 0.15) is 0 Å². The molecule has 0 aliphatic carbocycles. The maximum atomic E-state index is 3.89. The maximum absolute atomic E-state index is 3.89. The smallest absolute Gasteiger partial charge is 0 e. The molecule has 0 spiro atoms. The number of rotatable bonds is 0. The first-order chi connectivity index (χ1) is 4.97. The summed E-state index contributed by atoms with van der Waals surface area (Å²) in [6.07, 6.45) is 4.65. The molecule has 1 nitrogen and oxygen atoms in total. The third-order valence-electron chi connectivity index (χ3n) is 1.47. The number of fused-ring (bicyclic) bond motifs is 1. The predicted octanol–water partition coefficient (Wildman–Crippen LogP) is 2.03. The molecule has 2 heteroatoms. The summed E-state index contributed by atoms with van der Waals surface area (Å²) in [5.74, 6) is 0. The van der Waals surface area contributed by atoms with E-state index in [1.807, 2.05) is 30.3 Å². The van der Waals surface area contributed by atoms with Crippen molar-refractivity contribution >= 4 is 10.8 Å². The molecule has 1 radical (unpaired) electrons. The predicted molar refractivity (Wildman–Crippen MR) is 40.6 cm³/mol. The minimum absolute atomic E-state index is 0. The van der Waals surface area contributed by atoms with Gasteiger partial charge in [0.2, 0.25) is 0 Å². The molecule has 0 atom stereocenters. The second kappa shape index (κ2) is 3.61. The van der Waals surface area contributed by atoms with E-state index in [1.165, 1.54) is 5.39 Å². The van der Waals surface area contributed by atoms with E-state index in [2.05, 4.69) is 11.2 Å². The molecular weight excluding hydrogens is 314 g/mol. The molecule has 1 aromatic heterocycles. The van der Waals surface area contributed by atoms with E-state index in [0.29, 0.717) is 0 Å². The standard InChI is InChI=1S/C9H6N.Ir/c1-2-4-9-7-10-6-5-8(9)3-1;/h1-6H;/q-1;. The topological polar surface area (TPSA) is 12.9 Å². The fourth-order valence-electron chi connectivity index (χ4n) is 0.969. The van der Waals surface area contributed by atoms with Crippen LogP contribution < -0.4 is 0 Å². The number of nitrogens with zero attached hydrogens (tertiary/aromatic N) is 1. The Kier molecular flexibility index (Phi) is 2.75. The number of hydrogen-bond donors (Lipinski definition) is 0. The molecule has 0 aliphatic heterocycles. The molecule has 0 amide bonds. The van der Waals surface area contributed by atoms with Crippen LogP contribution in [-0.2, 0) is 20.1 Å². The van der Waals surface area contributed by atoms with Gasteiger partial charge < -0.3 is 4.98 Å². The summed E-state index contributed by atoms with van der Waals surface area (Å²) < 4.78 is 0. The van der Waals surface area contributed by atoms with Crippen LogP contribution in [0.4, 0.5) is 0 Å². The first-order valence-corrected chi connectivity index (χ1v) is 3.18. The molecule has 0 saturated heterocycles. The molecule has 1 aromatic carbocycles. The van der Waals surface area contributed by atoms with Crippen molar-refractivity contribution in [1.29, 1.82) is 0 Å². The molecular formula is C9H6IrN-. The summed E-state index contributed by atoms with van der Waals surface area (Å²) >= 11 is 0. The van der Waals surface area contributed by atoms with Crippen LogP contribution in [0, 0.1) is 6.20 Å². The first-order valence-electron chi connectivity index (χ1n) is 3.18. The van der Waals surface area contributed by atoms with E-state index in [1.54, 1.807) is 6.20 Å². The Balaban J connectivity index is 0.000000605. The summed E-state index contributed by atoms with van der Waals surface area (Å²) in [6, 6.07) is 10.0. The summed E-state index contributed by atoms with van der Waals surface area (Å²) in [5, 5.41) is 2.27. The largest absolute Gasteiger partial charge is 0.360 e. The first kappa shape index (κ1) is 8.38. The van der Waals surface area contributed by atoms with Crippen LogP contribution >= 0.6 is 0 Å². The van der Waals surface area contributed by atoms with Gasteiger partial charge >= 0.3 is 0 Å². The Labute approximate surface area is 78.8 Å². The van der Waals surface area contributed by atoms with E-state index < -0.39 is 0 Å². The van der Waals surface area contributed by atoms with Gasteiger partial charge in [-0.3, -0.25) is 0 Å². The number of benzene rings is 1. The minimum Gasteiger partial charge on any atom is -0.360 e. The van der Waals surface area contributed by atoms with Gasteiger partial charge in [-0.25, -0.2) is 0 Å². The zero-order chi connectivity index (χ0) is 6.81. The van der Waals surface area contributed by atoms with Crippen LogP contribution in [0.15, 0.2) is 36.5 Å². The fraction of sp³-hybridized carbons (Fsp3) is 0. The molecule has 0 saturated carbocycles. The maximum Gasteiger partial charge on any atom is 0 e. The third kappa shape index (κ3) is 1.65. The quantitative estimate of drug-likeness (QED) is 0.677. The van der Waals surface area contributed by atoms with E-state index >= 15 is 0 Å². The molecule has 2 rings (SSSR count). The van der Waals surface area contributed by atoms with Crippen molar-refractivity contribution in [2.24, 2.45) is 0 Å². The SMILES string of the molecule is [Ir].[c-]1nccc2ccccc12. The van der Waals surface area contributed by atoms with Gasteiger partial charge in [0, 0.05) is 20.1 Å². The molecule has 0 bridgehead atoms. The summed E-state index contributed by atoms with van der Waals surface area (Å²) in [5.41, 5.74) is 0. The Bertz CT molecular complexity index is 281. The van der Waals surface area contributed by atoms with Crippen LogP contribution in [0.1, 0.15) is 0 Å². The zero-order valence-corrected chi connectivity index (χ0v) is 8.14. The van der Waals surface area contributed by atoms with Crippen molar-refractivity contribution < 1.29 is 20.1 Å². The normalized spacial score (nSPS) is 9.09. The number of hydrogen-bond acceptors (Lipinski definition) is 1. The zero-order valence-electron chi connectivity index (χ0n) is 5.74. The van der Waals surface area contributed by atoms with Crippen molar-refractivity contribution in [2.45, 2.75) is 0 Å². The van der Waals surface area contributed by atoms with E-state index in [9.17, 15) is 0 Å². The molecule has 0 aliphatic rings. The minimum atomic E-state index is 0. The van der Waals surface area contributed by atoms with Gasteiger partial charge in [0.25, 0.3) is 0 Å². The average Bonchev–Trinajstić information content (AvgIpc) is 2.05. The molecule has 2 aromatic rings. The Morgan fingerprint density at radius 1 is 1.09 bits per heavy atom. The van der Waals surface area contributed by atoms with Crippen LogP contribution in [0.2, 0.25) is 0 Å². The molecule has 57 valence electrons. The Morgan fingerprint density at radius 2 is 1.91 bits per heavy atom. The second-order valence-electron chi connectivity index (χ2n) is 2.14. The molecule has 1 heterocycles. The molecule has 0 N–H and O–H groups in total. The van der Waals surface area contributed by atoms with Crippen LogP contribution in [-0.4, -0.2) is 4.98 Å². The van der Waals surface area contributed by atoms with Gasteiger partial charge in [-0.1, -0.05) is 18.3 Å². The van der Waals surface area contributed by atoms with Crippen molar-refractivity contribution in [1.82, 2.24) is 4.98 Å². The molecule has 0 fully saturated rings. The van der Waals surface area contributed by atoms with E-state index in [4.69, 9.17) is 0 Å². The average molecular weight is 320 g/mol. The third-order valence-corrected chi connectivity index (χ3v) is 1.47. The van der Waals surface area contributed by atoms with Crippen molar-refractivity contribution in [3.05, 3.63) is 42.7 Å². The van der Waals surface area contributed by atoms with Crippen molar-refractivity contribution in [3.8, 4) is 0 Å². The van der Waals surface area contributed by atoms with E-state index in [0.717, 1.165) is 5.39 Å². The van der Waals surface area contributed by atoms with Crippen molar-refractivity contribution in [2.75, 3.05) is 0 Å². The molecule has 11 heavy (non-hydrogen) atoms. The van der Waals surface area contributed by atoms with Crippen LogP contribution in [0.25, 0.3) is 10.8 Å². The summed E-state index contributed by atoms with van der Waals surface area (Å²) in [6.45, 7) is 0. The van der Waals surface area contributed by atoms with Gasteiger partial charge in [0.05, 0.1) is 0 Å². The van der Waals surface area contributed by atoms with Gasteiger partial charge in [-0.15, -0.1) is 29.0 Å². The van der Waals surface area contributed by atoms with Crippen LogP contribution in [0.3, 0.4) is 0 Å². The number of aromatic nitrogens is 1. The van der Waals surface area contributed by atoms with Crippen molar-refractivity contribution in [3.63, 3.8) is 0 Å². The van der Waals surface area contributed by atoms with Gasteiger partial charge in [0.15, 0.2) is 0 Å². The monoisotopic (exact) mass is 321 g/mol. The fourth-order valence-corrected chi connectivity index (χ4v) is 0.969. The Morgan fingerprint density at radius 3 is 2.73 bits per heavy atom. The van der Waals surface area contributed by atoms with Gasteiger partial charge in [-0.05, 0) is 6.20 Å². The second-order valence-corrected chi connectivity index (χ2v) is 2.14. The van der Waals surface area contributed by atoms with Gasteiger partial charge in [-0.2, -0.15) is 0 Å². The van der Waals surface area contributed by atoms with E-state index in [-0.39, 0.29) is 20.1 Å². The summed E-state index contributed by atoms with van der Waals surface area (Å²) in [4.78, 5) is 3.89. The summed E-state index contributed by atoms with van der Waals surface area (Å²) in [7, 11) is 0. The molecule has 0 unspecified atom stereocenters. The van der Waals surface area contributed by atoms with Crippen LogP contribution in [0.5, 0.6) is 0 Å². The Hall–Kier alpha value is -0.721.